The molecule has 1 N–H and O–H groups in total. The first-order valence-corrected chi connectivity index (χ1v) is 9.31. The standard InChI is InChI=1S/C22H27NO5/c1-16(2)13-23-22(25)17(3)28-21(24)15-27-20-11-9-19(10-12-20)26-14-18-7-5-4-6-8-18/h4-12,16-17H,13-15H2,1-3H3,(H,23,25)/t17-/m0/s1. The Morgan fingerprint density at radius 3 is 2.11 bits per heavy atom. The van der Waals surface area contributed by atoms with Crippen LogP contribution in [0.4, 0.5) is 0 Å². The normalized spacial score (nSPS) is 11.6. The Kier molecular flexibility index (Phi) is 8.34. The van der Waals surface area contributed by atoms with Gasteiger partial charge in [0.05, 0.1) is 0 Å². The SMILES string of the molecule is CC(C)CNC(=O)[C@H](C)OC(=O)COc1ccc(OCc2ccccc2)cc1. The molecule has 0 aliphatic rings. The zero-order chi connectivity index (χ0) is 20.4. The summed E-state index contributed by atoms with van der Waals surface area (Å²) in [4.78, 5) is 23.7. The minimum atomic E-state index is -0.858. The maximum Gasteiger partial charge on any atom is 0.344 e. The Labute approximate surface area is 165 Å². The molecule has 0 spiro atoms. The molecule has 1 atom stereocenters. The van der Waals surface area contributed by atoms with Gasteiger partial charge in [-0.1, -0.05) is 44.2 Å². The number of benzene rings is 2. The van der Waals surface area contributed by atoms with Crippen molar-refractivity contribution in [2.45, 2.75) is 33.5 Å². The van der Waals surface area contributed by atoms with Crippen molar-refractivity contribution < 1.29 is 23.8 Å². The van der Waals surface area contributed by atoms with Crippen LogP contribution in [0.15, 0.2) is 54.6 Å². The smallest absolute Gasteiger partial charge is 0.344 e. The van der Waals surface area contributed by atoms with Crippen molar-refractivity contribution >= 4 is 11.9 Å². The number of carbonyl (C=O) groups excluding carboxylic acids is 2. The van der Waals surface area contributed by atoms with Gasteiger partial charge in [0.1, 0.15) is 18.1 Å². The molecule has 0 bridgehead atoms. The summed E-state index contributed by atoms with van der Waals surface area (Å²) in [6, 6.07) is 16.8. The molecule has 150 valence electrons. The maximum atomic E-state index is 11.8. The fourth-order valence-corrected chi connectivity index (χ4v) is 2.25. The molecule has 2 rings (SSSR count). The molecular formula is C22H27NO5. The van der Waals surface area contributed by atoms with Crippen LogP contribution in [0, 0.1) is 5.92 Å². The van der Waals surface area contributed by atoms with Crippen LogP contribution >= 0.6 is 0 Å². The number of ether oxygens (including phenoxy) is 3. The fourth-order valence-electron chi connectivity index (χ4n) is 2.25. The molecule has 6 nitrogen and oxygen atoms in total. The summed E-state index contributed by atoms with van der Waals surface area (Å²) < 4.78 is 16.2. The van der Waals surface area contributed by atoms with Crippen molar-refractivity contribution in [1.29, 1.82) is 0 Å². The summed E-state index contributed by atoms with van der Waals surface area (Å²) in [6.45, 7) is 6.25. The fraction of sp³-hybridized carbons (Fsp3) is 0.364. The number of rotatable bonds is 10. The van der Waals surface area contributed by atoms with Crippen LogP contribution in [0.25, 0.3) is 0 Å². The second-order valence-electron chi connectivity index (χ2n) is 6.81. The lowest BCUT2D eigenvalue weighted by Crippen LogP contribution is -2.38. The minimum absolute atomic E-state index is 0.272. The van der Waals surface area contributed by atoms with Crippen LogP contribution in [0.1, 0.15) is 26.3 Å². The first-order valence-electron chi connectivity index (χ1n) is 9.31. The first-order chi connectivity index (χ1) is 13.4. The Hall–Kier alpha value is -3.02. The van der Waals surface area contributed by atoms with E-state index in [0.29, 0.717) is 30.6 Å². The van der Waals surface area contributed by atoms with Gasteiger partial charge >= 0.3 is 5.97 Å². The highest BCUT2D eigenvalue weighted by molar-refractivity contribution is 5.83. The molecule has 0 saturated carbocycles. The molecule has 0 heterocycles. The second kappa shape index (κ2) is 11.0. The molecule has 0 aromatic heterocycles. The van der Waals surface area contributed by atoms with Gasteiger partial charge in [-0.15, -0.1) is 0 Å². The molecule has 1 amide bonds. The van der Waals surface area contributed by atoms with E-state index in [1.165, 1.54) is 6.92 Å². The lowest BCUT2D eigenvalue weighted by atomic mass is 10.2. The average molecular weight is 385 g/mol. The van der Waals surface area contributed by atoms with Gasteiger partial charge in [-0.3, -0.25) is 4.79 Å². The van der Waals surface area contributed by atoms with E-state index in [1.54, 1.807) is 24.3 Å². The van der Waals surface area contributed by atoms with E-state index in [-0.39, 0.29) is 12.5 Å². The number of hydrogen-bond acceptors (Lipinski definition) is 5. The van der Waals surface area contributed by atoms with Gasteiger partial charge in [0.15, 0.2) is 12.7 Å². The van der Waals surface area contributed by atoms with Crippen molar-refractivity contribution in [3.05, 3.63) is 60.2 Å². The zero-order valence-corrected chi connectivity index (χ0v) is 16.5. The van der Waals surface area contributed by atoms with E-state index in [2.05, 4.69) is 5.32 Å². The third-order valence-corrected chi connectivity index (χ3v) is 3.79. The van der Waals surface area contributed by atoms with Crippen LogP contribution in [0.5, 0.6) is 11.5 Å². The van der Waals surface area contributed by atoms with Gasteiger partial charge in [0, 0.05) is 6.54 Å². The van der Waals surface area contributed by atoms with E-state index in [0.717, 1.165) is 5.56 Å². The van der Waals surface area contributed by atoms with Crippen LogP contribution in [-0.2, 0) is 20.9 Å². The van der Waals surface area contributed by atoms with Crippen LogP contribution in [0.2, 0.25) is 0 Å². The Morgan fingerprint density at radius 1 is 0.893 bits per heavy atom. The van der Waals surface area contributed by atoms with Gasteiger partial charge in [-0.05, 0) is 42.7 Å². The van der Waals surface area contributed by atoms with Gasteiger partial charge in [0.2, 0.25) is 0 Å². The summed E-state index contributed by atoms with van der Waals surface area (Å²) in [7, 11) is 0. The monoisotopic (exact) mass is 385 g/mol. The lowest BCUT2D eigenvalue weighted by Gasteiger charge is -2.15. The zero-order valence-electron chi connectivity index (χ0n) is 16.5. The largest absolute Gasteiger partial charge is 0.489 e. The molecule has 2 aromatic rings. The van der Waals surface area contributed by atoms with Crippen LogP contribution < -0.4 is 14.8 Å². The Bertz CT molecular complexity index is 743. The number of esters is 1. The molecule has 28 heavy (non-hydrogen) atoms. The number of carbonyl (C=O) groups is 2. The van der Waals surface area contributed by atoms with Crippen molar-refractivity contribution in [3.8, 4) is 11.5 Å². The molecule has 0 saturated heterocycles. The summed E-state index contributed by atoms with van der Waals surface area (Å²) in [5.41, 5.74) is 1.08. The van der Waals surface area contributed by atoms with Crippen LogP contribution in [0.3, 0.4) is 0 Å². The molecule has 0 aliphatic carbocycles. The summed E-state index contributed by atoms with van der Waals surface area (Å²) in [6.07, 6.45) is -0.858. The van der Waals surface area contributed by atoms with E-state index in [1.807, 2.05) is 44.2 Å². The molecule has 2 aromatic carbocycles. The van der Waals surface area contributed by atoms with Crippen molar-refractivity contribution in [2.75, 3.05) is 13.2 Å². The van der Waals surface area contributed by atoms with E-state index >= 15 is 0 Å². The Morgan fingerprint density at radius 2 is 1.50 bits per heavy atom. The van der Waals surface area contributed by atoms with Crippen molar-refractivity contribution in [1.82, 2.24) is 5.32 Å². The van der Waals surface area contributed by atoms with Gasteiger partial charge in [-0.25, -0.2) is 4.79 Å². The Balaban J connectivity index is 1.71. The predicted octanol–water partition coefficient (Wildman–Crippen LogP) is 3.35. The highest BCUT2D eigenvalue weighted by Gasteiger charge is 2.18. The maximum absolute atomic E-state index is 11.8. The average Bonchev–Trinajstić information content (AvgIpc) is 2.70. The van der Waals surface area contributed by atoms with Gasteiger partial charge < -0.3 is 19.5 Å². The number of nitrogens with one attached hydrogen (secondary N) is 1. The van der Waals surface area contributed by atoms with E-state index in [9.17, 15) is 9.59 Å². The highest BCUT2D eigenvalue weighted by Crippen LogP contribution is 2.18. The lowest BCUT2D eigenvalue weighted by molar-refractivity contribution is -0.156. The third-order valence-electron chi connectivity index (χ3n) is 3.79. The third kappa shape index (κ3) is 7.70. The highest BCUT2D eigenvalue weighted by atomic mass is 16.6. The summed E-state index contributed by atoms with van der Waals surface area (Å²) >= 11 is 0. The van der Waals surface area contributed by atoms with E-state index in [4.69, 9.17) is 14.2 Å². The quantitative estimate of drug-likeness (QED) is 0.635. The first kappa shape index (κ1) is 21.3. The number of hydrogen-bond donors (Lipinski definition) is 1. The topological polar surface area (TPSA) is 73.9 Å². The van der Waals surface area contributed by atoms with Crippen LogP contribution in [-0.4, -0.2) is 31.1 Å². The number of amides is 1. The molecule has 0 fully saturated rings. The molecule has 0 aliphatic heterocycles. The van der Waals surface area contributed by atoms with Crippen molar-refractivity contribution in [2.24, 2.45) is 5.92 Å². The molecule has 6 heteroatoms. The van der Waals surface area contributed by atoms with Gasteiger partial charge in [0.25, 0.3) is 5.91 Å². The molecular weight excluding hydrogens is 358 g/mol. The summed E-state index contributed by atoms with van der Waals surface area (Å²) in [5.74, 6) is 0.628. The second-order valence-corrected chi connectivity index (χ2v) is 6.81. The van der Waals surface area contributed by atoms with Crippen molar-refractivity contribution in [3.63, 3.8) is 0 Å². The molecule has 0 unspecified atom stereocenters. The predicted molar refractivity (Wildman–Crippen MR) is 106 cm³/mol. The van der Waals surface area contributed by atoms with Gasteiger partial charge in [-0.2, -0.15) is 0 Å². The minimum Gasteiger partial charge on any atom is -0.489 e. The molecule has 0 radical (unpaired) electrons. The summed E-state index contributed by atoms with van der Waals surface area (Å²) in [5, 5.41) is 2.72. The van der Waals surface area contributed by atoms with E-state index < -0.39 is 12.1 Å².